The summed E-state index contributed by atoms with van der Waals surface area (Å²) in [5, 5.41) is 3.30. The van der Waals surface area contributed by atoms with Crippen LogP contribution in [-0.4, -0.2) is 47.5 Å². The van der Waals surface area contributed by atoms with Gasteiger partial charge < -0.3 is 10.2 Å². The molecule has 1 rings (SSSR count). The van der Waals surface area contributed by atoms with E-state index in [2.05, 4.69) is 12.2 Å². The van der Waals surface area contributed by atoms with Crippen LogP contribution in [0.25, 0.3) is 0 Å². The van der Waals surface area contributed by atoms with Gasteiger partial charge in [0.1, 0.15) is 0 Å². The van der Waals surface area contributed by atoms with E-state index in [4.69, 9.17) is 0 Å². The molecule has 0 aromatic carbocycles. The van der Waals surface area contributed by atoms with Crippen molar-refractivity contribution in [2.45, 2.75) is 38.4 Å². The maximum absolute atomic E-state index is 11.7. The Morgan fingerprint density at radius 1 is 1.44 bits per heavy atom. The Bertz CT molecular complexity index is 223. The molecule has 0 aromatic rings. The van der Waals surface area contributed by atoms with Crippen LogP contribution in [0.2, 0.25) is 0 Å². The van der Waals surface area contributed by atoms with E-state index in [1.54, 1.807) is 0 Å². The van der Waals surface area contributed by atoms with Crippen molar-refractivity contribution in [2.24, 2.45) is 0 Å². The summed E-state index contributed by atoms with van der Waals surface area (Å²) in [5.74, 6) is 1.49. The molecule has 0 spiro atoms. The highest BCUT2D eigenvalue weighted by molar-refractivity contribution is 8.00. The second-order valence-electron chi connectivity index (χ2n) is 4.57. The van der Waals surface area contributed by atoms with E-state index >= 15 is 0 Å². The molecule has 1 heterocycles. The second kappa shape index (κ2) is 6.50. The molecule has 16 heavy (non-hydrogen) atoms. The second-order valence-corrected chi connectivity index (χ2v) is 6.25. The smallest absolute Gasteiger partial charge is 0.236 e. The van der Waals surface area contributed by atoms with Crippen LogP contribution >= 0.6 is 11.8 Å². The molecule has 3 nitrogen and oxygen atoms in total. The fraction of sp³-hybridized carbons (Fsp3) is 0.917. The van der Waals surface area contributed by atoms with Gasteiger partial charge in [0.05, 0.1) is 6.54 Å². The molecule has 1 fully saturated rings. The summed E-state index contributed by atoms with van der Waals surface area (Å²) in [6.45, 7) is 9.39. The minimum absolute atomic E-state index is 0.219. The first-order chi connectivity index (χ1) is 7.61. The van der Waals surface area contributed by atoms with E-state index in [1.807, 2.05) is 30.5 Å². The van der Waals surface area contributed by atoms with Crippen LogP contribution in [0.3, 0.4) is 0 Å². The number of carbonyl (C=O) groups is 1. The van der Waals surface area contributed by atoms with Crippen molar-refractivity contribution in [2.75, 3.05) is 31.9 Å². The number of nitrogens with zero attached hydrogens (tertiary/aromatic N) is 1. The summed E-state index contributed by atoms with van der Waals surface area (Å²) in [6, 6.07) is 0. The van der Waals surface area contributed by atoms with Crippen LogP contribution in [0.1, 0.15) is 33.6 Å². The molecule has 0 aliphatic carbocycles. The number of nitrogens with one attached hydrogen (secondary N) is 1. The maximum Gasteiger partial charge on any atom is 0.236 e. The lowest BCUT2D eigenvalue weighted by Crippen LogP contribution is -2.41. The van der Waals surface area contributed by atoms with Crippen molar-refractivity contribution in [1.29, 1.82) is 0 Å². The lowest BCUT2D eigenvalue weighted by atomic mass is 10.1. The number of hydrogen-bond acceptors (Lipinski definition) is 3. The van der Waals surface area contributed by atoms with Gasteiger partial charge in [-0.05, 0) is 39.4 Å². The number of thioether (sulfide) groups is 1. The molecule has 1 saturated heterocycles. The molecule has 1 amide bonds. The molecule has 4 heteroatoms. The minimum atomic E-state index is 0.219. The first kappa shape index (κ1) is 13.8. The van der Waals surface area contributed by atoms with Crippen molar-refractivity contribution in [3.05, 3.63) is 0 Å². The standard InChI is InChI=1S/C12H24N2OS/c1-4-14(5-2)11(15)9-13-10-12(3)7-6-8-16-12/h13H,4-10H2,1-3H3. The number of likely N-dealkylation sites (N-methyl/N-ethyl adjacent to an activating group) is 1. The van der Waals surface area contributed by atoms with Gasteiger partial charge in [-0.15, -0.1) is 0 Å². The molecule has 0 radical (unpaired) electrons. The Hall–Kier alpha value is -0.220. The summed E-state index contributed by atoms with van der Waals surface area (Å²) in [6.07, 6.45) is 2.58. The van der Waals surface area contributed by atoms with E-state index < -0.39 is 0 Å². The van der Waals surface area contributed by atoms with Crippen molar-refractivity contribution < 1.29 is 4.79 Å². The third kappa shape index (κ3) is 3.98. The zero-order chi connectivity index (χ0) is 12.0. The van der Waals surface area contributed by atoms with Crippen LogP contribution in [0.5, 0.6) is 0 Å². The molecule has 1 atom stereocenters. The Labute approximate surface area is 103 Å². The number of hydrogen-bond donors (Lipinski definition) is 1. The number of amides is 1. The predicted octanol–water partition coefficient (Wildman–Crippen LogP) is 1.73. The van der Waals surface area contributed by atoms with E-state index in [0.29, 0.717) is 11.3 Å². The van der Waals surface area contributed by atoms with Crippen LogP contribution in [0.15, 0.2) is 0 Å². The van der Waals surface area contributed by atoms with Gasteiger partial charge >= 0.3 is 0 Å². The third-order valence-corrected chi connectivity index (χ3v) is 4.73. The fourth-order valence-electron chi connectivity index (χ4n) is 2.10. The van der Waals surface area contributed by atoms with Gasteiger partial charge in [0.25, 0.3) is 0 Å². The molecule has 94 valence electrons. The van der Waals surface area contributed by atoms with Crippen molar-refractivity contribution >= 4 is 17.7 Å². The van der Waals surface area contributed by atoms with Crippen LogP contribution < -0.4 is 5.32 Å². The molecule has 0 saturated carbocycles. The SMILES string of the molecule is CCN(CC)C(=O)CNCC1(C)CCCS1. The lowest BCUT2D eigenvalue weighted by Gasteiger charge is -2.24. The average molecular weight is 244 g/mol. The largest absolute Gasteiger partial charge is 0.342 e. The van der Waals surface area contributed by atoms with Crippen LogP contribution in [0, 0.1) is 0 Å². The van der Waals surface area contributed by atoms with E-state index in [0.717, 1.165) is 19.6 Å². The summed E-state index contributed by atoms with van der Waals surface area (Å²) in [5.41, 5.74) is 0. The van der Waals surface area contributed by atoms with Gasteiger partial charge in [-0.25, -0.2) is 0 Å². The molecule has 0 bridgehead atoms. The Morgan fingerprint density at radius 2 is 2.12 bits per heavy atom. The monoisotopic (exact) mass is 244 g/mol. The normalized spacial score (nSPS) is 24.7. The molecule has 1 unspecified atom stereocenters. The van der Waals surface area contributed by atoms with Gasteiger partial charge in [0.15, 0.2) is 0 Å². The molecule has 1 aliphatic rings. The zero-order valence-electron chi connectivity index (χ0n) is 10.7. The summed E-state index contributed by atoms with van der Waals surface area (Å²) >= 11 is 2.03. The molecule has 1 N–H and O–H groups in total. The Morgan fingerprint density at radius 3 is 2.62 bits per heavy atom. The highest BCUT2D eigenvalue weighted by atomic mass is 32.2. The first-order valence-corrected chi connectivity index (χ1v) is 7.22. The third-order valence-electron chi connectivity index (χ3n) is 3.19. The lowest BCUT2D eigenvalue weighted by molar-refractivity contribution is -0.129. The van der Waals surface area contributed by atoms with E-state index in [1.165, 1.54) is 18.6 Å². The van der Waals surface area contributed by atoms with E-state index in [-0.39, 0.29) is 5.91 Å². The molecule has 0 aromatic heterocycles. The number of carbonyl (C=O) groups excluding carboxylic acids is 1. The van der Waals surface area contributed by atoms with Gasteiger partial charge in [-0.1, -0.05) is 0 Å². The predicted molar refractivity (Wildman–Crippen MR) is 70.9 cm³/mol. The highest BCUT2D eigenvalue weighted by Crippen LogP contribution is 2.36. The van der Waals surface area contributed by atoms with Gasteiger partial charge in [0.2, 0.25) is 5.91 Å². The van der Waals surface area contributed by atoms with Gasteiger partial charge in [-0.2, -0.15) is 11.8 Å². The van der Waals surface area contributed by atoms with Gasteiger partial charge in [0, 0.05) is 24.4 Å². The quantitative estimate of drug-likeness (QED) is 0.772. The topological polar surface area (TPSA) is 32.3 Å². The highest BCUT2D eigenvalue weighted by Gasteiger charge is 2.29. The van der Waals surface area contributed by atoms with Crippen molar-refractivity contribution in [1.82, 2.24) is 10.2 Å². The fourth-order valence-corrected chi connectivity index (χ4v) is 3.37. The number of rotatable bonds is 6. The van der Waals surface area contributed by atoms with Crippen LogP contribution in [-0.2, 0) is 4.79 Å². The van der Waals surface area contributed by atoms with Crippen molar-refractivity contribution in [3.63, 3.8) is 0 Å². The van der Waals surface area contributed by atoms with Crippen molar-refractivity contribution in [3.8, 4) is 0 Å². The maximum atomic E-state index is 11.7. The summed E-state index contributed by atoms with van der Waals surface area (Å²) in [4.78, 5) is 13.6. The Kier molecular flexibility index (Phi) is 5.62. The molecular formula is C12H24N2OS. The molecule has 1 aliphatic heterocycles. The molecular weight excluding hydrogens is 220 g/mol. The van der Waals surface area contributed by atoms with Crippen LogP contribution in [0.4, 0.5) is 0 Å². The average Bonchev–Trinajstić information content (AvgIpc) is 2.67. The zero-order valence-corrected chi connectivity index (χ0v) is 11.5. The minimum Gasteiger partial charge on any atom is -0.342 e. The first-order valence-electron chi connectivity index (χ1n) is 6.23. The summed E-state index contributed by atoms with van der Waals surface area (Å²) < 4.78 is 0.351. The summed E-state index contributed by atoms with van der Waals surface area (Å²) in [7, 11) is 0. The van der Waals surface area contributed by atoms with Gasteiger partial charge in [-0.3, -0.25) is 4.79 Å². The Balaban J connectivity index is 2.21. The van der Waals surface area contributed by atoms with E-state index in [9.17, 15) is 4.79 Å².